The Balaban J connectivity index is 1.76. The topological polar surface area (TPSA) is 38.3 Å². The van der Waals surface area contributed by atoms with Crippen molar-refractivity contribution >= 4 is 17.7 Å². The highest BCUT2D eigenvalue weighted by atomic mass is 32.2. The van der Waals surface area contributed by atoms with E-state index in [4.69, 9.17) is 4.74 Å². The van der Waals surface area contributed by atoms with Gasteiger partial charge in [-0.3, -0.25) is 4.79 Å². The van der Waals surface area contributed by atoms with E-state index in [2.05, 4.69) is 62.5 Å². The molecule has 2 aromatic carbocycles. The van der Waals surface area contributed by atoms with Gasteiger partial charge in [-0.05, 0) is 49.4 Å². The van der Waals surface area contributed by atoms with Gasteiger partial charge in [-0.2, -0.15) is 11.8 Å². The van der Waals surface area contributed by atoms with Gasteiger partial charge in [0.15, 0.2) is 6.10 Å². The summed E-state index contributed by atoms with van der Waals surface area (Å²) in [6, 6.07) is 14.7. The van der Waals surface area contributed by atoms with Crippen LogP contribution in [0, 0.1) is 13.8 Å². The Kier molecular flexibility index (Phi) is 8.23. The molecule has 0 heterocycles. The third-order valence-corrected chi connectivity index (χ3v) is 5.39. The minimum atomic E-state index is -0.508. The van der Waals surface area contributed by atoms with Crippen LogP contribution in [0.15, 0.2) is 42.5 Å². The van der Waals surface area contributed by atoms with Crippen LogP contribution in [-0.4, -0.2) is 24.3 Å². The maximum atomic E-state index is 12.3. The summed E-state index contributed by atoms with van der Waals surface area (Å²) in [7, 11) is 0. The Hall–Kier alpha value is -1.94. The molecule has 0 aliphatic carbocycles. The van der Waals surface area contributed by atoms with Crippen LogP contribution in [-0.2, 0) is 10.5 Å². The van der Waals surface area contributed by atoms with Crippen molar-refractivity contribution in [1.82, 2.24) is 5.32 Å². The summed E-state index contributed by atoms with van der Waals surface area (Å²) in [5.74, 6) is 2.94. The minimum Gasteiger partial charge on any atom is -0.481 e. The van der Waals surface area contributed by atoms with Gasteiger partial charge in [0, 0.05) is 18.1 Å². The second-order valence-corrected chi connectivity index (χ2v) is 8.39. The molecule has 3 nitrogen and oxygen atoms in total. The maximum Gasteiger partial charge on any atom is 0.260 e. The molecule has 146 valence electrons. The van der Waals surface area contributed by atoms with Crippen molar-refractivity contribution in [2.24, 2.45) is 0 Å². The van der Waals surface area contributed by atoms with Crippen LogP contribution < -0.4 is 10.1 Å². The van der Waals surface area contributed by atoms with E-state index in [1.165, 1.54) is 11.1 Å². The van der Waals surface area contributed by atoms with Crippen molar-refractivity contribution in [2.45, 2.75) is 52.4 Å². The molecule has 27 heavy (non-hydrogen) atoms. The summed E-state index contributed by atoms with van der Waals surface area (Å²) in [6.45, 7) is 10.9. The number of thioether (sulfide) groups is 1. The van der Waals surface area contributed by atoms with Crippen LogP contribution in [0.5, 0.6) is 5.75 Å². The smallest absolute Gasteiger partial charge is 0.260 e. The second kappa shape index (κ2) is 10.4. The zero-order chi connectivity index (χ0) is 19.8. The van der Waals surface area contributed by atoms with Gasteiger partial charge in [-0.25, -0.2) is 0 Å². The molecule has 0 aromatic heterocycles. The molecule has 0 saturated heterocycles. The monoisotopic (exact) mass is 385 g/mol. The van der Waals surface area contributed by atoms with Crippen LogP contribution in [0.3, 0.4) is 0 Å². The molecule has 0 bridgehead atoms. The van der Waals surface area contributed by atoms with Crippen molar-refractivity contribution in [1.29, 1.82) is 0 Å². The zero-order valence-electron chi connectivity index (χ0n) is 17.0. The van der Waals surface area contributed by atoms with E-state index in [1.807, 2.05) is 31.7 Å². The zero-order valence-corrected chi connectivity index (χ0v) is 17.9. The number of rotatable bonds is 9. The largest absolute Gasteiger partial charge is 0.481 e. The molecule has 1 N–H and O–H groups in total. The summed E-state index contributed by atoms with van der Waals surface area (Å²) in [4.78, 5) is 12.3. The van der Waals surface area contributed by atoms with Crippen LogP contribution in [0.25, 0.3) is 0 Å². The van der Waals surface area contributed by atoms with Crippen molar-refractivity contribution in [3.05, 3.63) is 64.7 Å². The fourth-order valence-corrected chi connectivity index (χ4v) is 3.65. The highest BCUT2D eigenvalue weighted by Crippen LogP contribution is 2.28. The third kappa shape index (κ3) is 6.94. The van der Waals surface area contributed by atoms with E-state index in [-0.39, 0.29) is 5.91 Å². The van der Waals surface area contributed by atoms with Crippen LogP contribution in [0.4, 0.5) is 0 Å². The van der Waals surface area contributed by atoms with Gasteiger partial charge in [0.2, 0.25) is 0 Å². The van der Waals surface area contributed by atoms with E-state index < -0.39 is 6.10 Å². The van der Waals surface area contributed by atoms with E-state index in [1.54, 1.807) is 0 Å². The molecule has 2 aromatic rings. The highest BCUT2D eigenvalue weighted by molar-refractivity contribution is 7.98. The van der Waals surface area contributed by atoms with Gasteiger partial charge in [-0.1, -0.05) is 55.8 Å². The molecule has 0 unspecified atom stereocenters. The molecule has 2 rings (SSSR count). The molecule has 0 radical (unpaired) electrons. The van der Waals surface area contributed by atoms with Gasteiger partial charge >= 0.3 is 0 Å². The molecular formula is C23H31NO2S. The van der Waals surface area contributed by atoms with E-state index >= 15 is 0 Å². The molecule has 0 fully saturated rings. The second-order valence-electron chi connectivity index (χ2n) is 7.29. The van der Waals surface area contributed by atoms with Crippen molar-refractivity contribution in [3.63, 3.8) is 0 Å². The lowest BCUT2D eigenvalue weighted by Crippen LogP contribution is -2.37. The fraction of sp³-hybridized carbons (Fsp3) is 0.435. The van der Waals surface area contributed by atoms with Crippen LogP contribution >= 0.6 is 11.8 Å². The Morgan fingerprint density at radius 1 is 1.07 bits per heavy atom. The summed E-state index contributed by atoms with van der Waals surface area (Å²) in [5, 5.41) is 2.98. The molecule has 0 spiro atoms. The van der Waals surface area contributed by atoms with E-state index in [0.29, 0.717) is 12.5 Å². The quantitative estimate of drug-likeness (QED) is 0.600. The summed E-state index contributed by atoms with van der Waals surface area (Å²) >= 11 is 1.83. The predicted octanol–water partition coefficient (Wildman–Crippen LogP) is 5.24. The molecule has 4 heteroatoms. The summed E-state index contributed by atoms with van der Waals surface area (Å²) in [5.41, 5.74) is 4.87. The Morgan fingerprint density at radius 2 is 1.81 bits per heavy atom. The van der Waals surface area contributed by atoms with Crippen molar-refractivity contribution in [2.75, 3.05) is 12.3 Å². The van der Waals surface area contributed by atoms with Gasteiger partial charge < -0.3 is 10.1 Å². The number of nitrogens with one attached hydrogen (secondary N) is 1. The highest BCUT2D eigenvalue weighted by Gasteiger charge is 2.17. The van der Waals surface area contributed by atoms with E-state index in [0.717, 1.165) is 28.4 Å². The first-order valence-electron chi connectivity index (χ1n) is 9.55. The van der Waals surface area contributed by atoms with Crippen molar-refractivity contribution < 1.29 is 9.53 Å². The predicted molar refractivity (Wildman–Crippen MR) is 116 cm³/mol. The Labute approximate surface area is 167 Å². The Bertz CT molecular complexity index is 758. The van der Waals surface area contributed by atoms with Gasteiger partial charge in [-0.15, -0.1) is 0 Å². The van der Waals surface area contributed by atoms with E-state index in [9.17, 15) is 4.79 Å². The number of hydrogen-bond donors (Lipinski definition) is 1. The number of carbonyl (C=O) groups is 1. The first kappa shape index (κ1) is 21.4. The molecular weight excluding hydrogens is 354 g/mol. The standard InChI is InChI=1S/C23H31NO2S/c1-16(2)21-10-9-18(4)14-22(21)26-19(5)23(25)24-11-12-27-15-20-8-6-7-17(3)13-20/h6-10,13-14,16,19H,11-12,15H2,1-5H3,(H,24,25)/t19-/m0/s1. The van der Waals surface area contributed by atoms with Gasteiger partial charge in [0.1, 0.15) is 5.75 Å². The first-order valence-corrected chi connectivity index (χ1v) is 10.7. The number of hydrogen-bond acceptors (Lipinski definition) is 3. The SMILES string of the molecule is Cc1cccc(CSCCNC(=O)[C@H](C)Oc2cc(C)ccc2C(C)C)c1. The van der Waals surface area contributed by atoms with Gasteiger partial charge in [0.05, 0.1) is 0 Å². The number of ether oxygens (including phenoxy) is 1. The third-order valence-electron chi connectivity index (χ3n) is 4.36. The normalized spacial score (nSPS) is 12.1. The number of aryl methyl sites for hydroxylation is 2. The number of carbonyl (C=O) groups excluding carboxylic acids is 1. The molecule has 0 saturated carbocycles. The van der Waals surface area contributed by atoms with Crippen LogP contribution in [0.1, 0.15) is 48.9 Å². The first-order chi connectivity index (χ1) is 12.9. The maximum absolute atomic E-state index is 12.3. The molecule has 0 aliphatic rings. The average Bonchev–Trinajstić information content (AvgIpc) is 2.61. The minimum absolute atomic E-state index is 0.0673. The summed E-state index contributed by atoms with van der Waals surface area (Å²) < 4.78 is 5.97. The molecule has 1 atom stereocenters. The van der Waals surface area contributed by atoms with Crippen molar-refractivity contribution in [3.8, 4) is 5.75 Å². The Morgan fingerprint density at radius 3 is 2.52 bits per heavy atom. The lowest BCUT2D eigenvalue weighted by atomic mass is 10.0. The summed E-state index contributed by atoms with van der Waals surface area (Å²) in [6.07, 6.45) is -0.508. The lowest BCUT2D eigenvalue weighted by Gasteiger charge is -2.19. The van der Waals surface area contributed by atoms with Crippen LogP contribution in [0.2, 0.25) is 0 Å². The fourth-order valence-electron chi connectivity index (χ4n) is 2.85. The van der Waals surface area contributed by atoms with Gasteiger partial charge in [0.25, 0.3) is 5.91 Å². The number of amides is 1. The average molecular weight is 386 g/mol. The lowest BCUT2D eigenvalue weighted by molar-refractivity contribution is -0.127. The number of benzene rings is 2. The molecule has 0 aliphatic heterocycles. The molecule has 1 amide bonds.